The van der Waals surface area contributed by atoms with Crippen molar-refractivity contribution < 1.29 is 13.9 Å². The molecule has 0 atom stereocenters. The Morgan fingerprint density at radius 1 is 1.26 bits per heavy atom. The number of amides is 1. The van der Waals surface area contributed by atoms with E-state index in [0.717, 1.165) is 17.0 Å². The maximum absolute atomic E-state index is 13.9. The lowest BCUT2D eigenvalue weighted by Gasteiger charge is -2.34. The fourth-order valence-corrected chi connectivity index (χ4v) is 4.08. The number of hydrogen-bond acceptors (Lipinski definition) is 5. The first kappa shape index (κ1) is 20.6. The molecule has 1 aliphatic rings. The minimum absolute atomic E-state index is 0.0148. The van der Waals surface area contributed by atoms with Gasteiger partial charge < -0.3 is 15.0 Å². The lowest BCUT2D eigenvalue weighted by atomic mass is 9.94. The van der Waals surface area contributed by atoms with E-state index in [-0.39, 0.29) is 17.6 Å². The van der Waals surface area contributed by atoms with Crippen LogP contribution >= 0.6 is 0 Å². The molecule has 1 saturated heterocycles. The summed E-state index contributed by atoms with van der Waals surface area (Å²) in [5.41, 5.74) is 3.46. The molecule has 2 aromatic carbocycles. The second-order valence-electron chi connectivity index (χ2n) is 7.73. The number of nitriles is 1. The largest absolute Gasteiger partial charge is 0.497 e. The number of nitrogens with one attached hydrogen (secondary N) is 1. The number of carbonyl (C=O) groups excluding carboxylic acids is 1. The Morgan fingerprint density at radius 3 is 2.71 bits per heavy atom. The molecule has 1 amide bonds. The van der Waals surface area contributed by atoms with Gasteiger partial charge in [-0.1, -0.05) is 0 Å². The van der Waals surface area contributed by atoms with Crippen molar-refractivity contribution in [2.45, 2.75) is 19.8 Å². The van der Waals surface area contributed by atoms with Crippen LogP contribution in [0.4, 0.5) is 15.8 Å². The minimum atomic E-state index is -0.366. The highest BCUT2D eigenvalue weighted by Crippen LogP contribution is 2.33. The number of hydrogen-bond donors (Lipinski definition) is 1. The normalized spacial score (nSPS) is 14.3. The number of pyridine rings is 1. The van der Waals surface area contributed by atoms with E-state index in [9.17, 15) is 14.4 Å². The first-order valence-corrected chi connectivity index (χ1v) is 10.2. The summed E-state index contributed by atoms with van der Waals surface area (Å²) < 4.78 is 19.1. The molecule has 158 valence electrons. The van der Waals surface area contributed by atoms with Crippen molar-refractivity contribution in [2.75, 3.05) is 30.4 Å². The smallest absolute Gasteiger partial charge is 0.227 e. The van der Waals surface area contributed by atoms with Gasteiger partial charge in [-0.25, -0.2) is 4.39 Å². The van der Waals surface area contributed by atoms with Crippen molar-refractivity contribution in [1.82, 2.24) is 4.98 Å². The van der Waals surface area contributed by atoms with Crippen LogP contribution in [-0.4, -0.2) is 31.1 Å². The third-order valence-electron chi connectivity index (χ3n) is 5.80. The third kappa shape index (κ3) is 4.15. The molecule has 0 aliphatic carbocycles. The van der Waals surface area contributed by atoms with Gasteiger partial charge in [-0.15, -0.1) is 0 Å². The van der Waals surface area contributed by atoms with Gasteiger partial charge in [0, 0.05) is 36.3 Å². The number of anilines is 2. The zero-order chi connectivity index (χ0) is 22.0. The highest BCUT2D eigenvalue weighted by atomic mass is 19.1. The van der Waals surface area contributed by atoms with Crippen molar-refractivity contribution in [3.05, 3.63) is 59.5 Å². The molecule has 0 unspecified atom stereocenters. The highest BCUT2D eigenvalue weighted by Gasteiger charge is 2.27. The molecule has 6 nitrogen and oxygen atoms in total. The number of benzene rings is 2. The van der Waals surface area contributed by atoms with Gasteiger partial charge in [0.05, 0.1) is 23.9 Å². The van der Waals surface area contributed by atoms with E-state index in [0.29, 0.717) is 48.1 Å². The van der Waals surface area contributed by atoms with Crippen LogP contribution in [0.15, 0.2) is 42.6 Å². The van der Waals surface area contributed by atoms with Gasteiger partial charge in [-0.3, -0.25) is 9.78 Å². The number of aryl methyl sites for hydroxylation is 1. The zero-order valence-corrected chi connectivity index (χ0v) is 17.5. The second kappa shape index (κ2) is 8.60. The van der Waals surface area contributed by atoms with Crippen LogP contribution in [0.2, 0.25) is 0 Å². The van der Waals surface area contributed by atoms with Crippen molar-refractivity contribution in [3.63, 3.8) is 0 Å². The maximum atomic E-state index is 13.9. The highest BCUT2D eigenvalue weighted by molar-refractivity contribution is 5.95. The molecule has 0 spiro atoms. The molecule has 1 fully saturated rings. The fraction of sp³-hybridized carbons (Fsp3) is 0.292. The Bertz CT molecular complexity index is 1180. The Labute approximate surface area is 180 Å². The zero-order valence-electron chi connectivity index (χ0n) is 17.5. The topological polar surface area (TPSA) is 78.2 Å². The summed E-state index contributed by atoms with van der Waals surface area (Å²) in [7, 11) is 1.61. The molecule has 7 heteroatoms. The van der Waals surface area contributed by atoms with Crippen LogP contribution in [0.25, 0.3) is 10.9 Å². The fourth-order valence-electron chi connectivity index (χ4n) is 4.08. The van der Waals surface area contributed by atoms with Crippen LogP contribution in [0.5, 0.6) is 5.75 Å². The lowest BCUT2D eigenvalue weighted by Crippen LogP contribution is -2.38. The molecule has 1 N–H and O–H groups in total. The average molecular weight is 418 g/mol. The minimum Gasteiger partial charge on any atom is -0.497 e. The number of methoxy groups -OCH3 is 1. The Morgan fingerprint density at radius 2 is 2.03 bits per heavy atom. The first-order chi connectivity index (χ1) is 15.0. The molecule has 0 bridgehead atoms. The Kier molecular flexibility index (Phi) is 5.72. The van der Waals surface area contributed by atoms with Crippen LogP contribution in [0, 0.1) is 30.0 Å². The summed E-state index contributed by atoms with van der Waals surface area (Å²) in [6.45, 7) is 3.13. The number of nitrogens with zero attached hydrogens (tertiary/aromatic N) is 3. The molecule has 0 radical (unpaired) electrons. The van der Waals surface area contributed by atoms with Crippen molar-refractivity contribution in [3.8, 4) is 11.8 Å². The Balaban J connectivity index is 1.50. The summed E-state index contributed by atoms with van der Waals surface area (Å²) in [6.07, 6.45) is 2.82. The number of carbonyl (C=O) groups is 1. The SMILES string of the molecule is COc1ccc(NC(=O)C2CCN(c3c(C#N)cnc4ccc(F)cc34)CC2)c(C)c1. The summed E-state index contributed by atoms with van der Waals surface area (Å²) in [5, 5.41) is 13.2. The van der Waals surface area contributed by atoms with Crippen molar-refractivity contribution in [2.24, 2.45) is 5.92 Å². The maximum Gasteiger partial charge on any atom is 0.227 e. The van der Waals surface area contributed by atoms with Gasteiger partial charge in [-0.2, -0.15) is 5.26 Å². The van der Waals surface area contributed by atoms with Crippen LogP contribution < -0.4 is 15.0 Å². The van der Waals surface area contributed by atoms with E-state index in [2.05, 4.69) is 21.3 Å². The van der Waals surface area contributed by atoms with Crippen molar-refractivity contribution >= 4 is 28.2 Å². The molecular weight excluding hydrogens is 395 g/mol. The van der Waals surface area contributed by atoms with E-state index >= 15 is 0 Å². The number of ether oxygens (including phenoxy) is 1. The molecule has 0 saturated carbocycles. The lowest BCUT2D eigenvalue weighted by molar-refractivity contribution is -0.120. The molecule has 1 aromatic heterocycles. The third-order valence-corrected chi connectivity index (χ3v) is 5.80. The first-order valence-electron chi connectivity index (χ1n) is 10.2. The molecule has 3 aromatic rings. The van der Waals surface area contributed by atoms with E-state index in [1.54, 1.807) is 13.2 Å². The predicted molar refractivity (Wildman–Crippen MR) is 118 cm³/mol. The van der Waals surface area contributed by atoms with Gasteiger partial charge in [0.1, 0.15) is 17.6 Å². The quantitative estimate of drug-likeness (QED) is 0.679. The van der Waals surface area contributed by atoms with Crippen LogP contribution in [0.1, 0.15) is 24.0 Å². The molecule has 4 rings (SSSR count). The number of fused-ring (bicyclic) bond motifs is 1. The second-order valence-corrected chi connectivity index (χ2v) is 7.73. The summed E-state index contributed by atoms with van der Waals surface area (Å²) >= 11 is 0. The molecule has 2 heterocycles. The molecular formula is C24H23FN4O2. The van der Waals surface area contributed by atoms with E-state index in [1.165, 1.54) is 18.3 Å². The van der Waals surface area contributed by atoms with Gasteiger partial charge in [0.15, 0.2) is 0 Å². The van der Waals surface area contributed by atoms with Crippen LogP contribution in [-0.2, 0) is 4.79 Å². The standard InChI is InChI=1S/C24H23FN4O2/c1-15-11-19(31-2)4-6-21(15)28-24(30)16-7-9-29(10-8-16)23-17(13-26)14-27-22-5-3-18(25)12-20(22)23/h3-6,11-12,14,16H,7-10H2,1-2H3,(H,28,30). The molecule has 31 heavy (non-hydrogen) atoms. The number of rotatable bonds is 4. The predicted octanol–water partition coefficient (Wildman–Crippen LogP) is 4.42. The average Bonchev–Trinajstić information content (AvgIpc) is 2.79. The van der Waals surface area contributed by atoms with Crippen molar-refractivity contribution in [1.29, 1.82) is 5.26 Å². The van der Waals surface area contributed by atoms with E-state index in [4.69, 9.17) is 4.74 Å². The molecule has 1 aliphatic heterocycles. The van der Waals surface area contributed by atoms with Gasteiger partial charge in [-0.05, 0) is 61.7 Å². The monoisotopic (exact) mass is 418 g/mol. The number of halogens is 1. The van der Waals surface area contributed by atoms with Gasteiger partial charge in [0.25, 0.3) is 0 Å². The van der Waals surface area contributed by atoms with Crippen LogP contribution in [0.3, 0.4) is 0 Å². The Hall–Kier alpha value is -3.66. The van der Waals surface area contributed by atoms with Gasteiger partial charge >= 0.3 is 0 Å². The van der Waals surface area contributed by atoms with E-state index in [1.807, 2.05) is 25.1 Å². The van der Waals surface area contributed by atoms with E-state index < -0.39 is 0 Å². The summed E-state index contributed by atoms with van der Waals surface area (Å²) in [4.78, 5) is 19.2. The van der Waals surface area contributed by atoms with Gasteiger partial charge in [0.2, 0.25) is 5.91 Å². The number of aromatic nitrogens is 1. The number of piperidine rings is 1. The summed E-state index contributed by atoms with van der Waals surface area (Å²) in [5.74, 6) is 0.236. The summed E-state index contributed by atoms with van der Waals surface area (Å²) in [6, 6.07) is 12.1.